The number of thiocarbonyl (C=S) groups is 1. The first-order valence-corrected chi connectivity index (χ1v) is 7.84. The van der Waals surface area contributed by atoms with E-state index in [1.165, 1.54) is 20.3 Å². The molecule has 0 bridgehead atoms. The van der Waals surface area contributed by atoms with Crippen LogP contribution >= 0.6 is 12.2 Å². The Kier molecular flexibility index (Phi) is 5.58. The van der Waals surface area contributed by atoms with Crippen molar-refractivity contribution in [1.82, 2.24) is 0 Å². The van der Waals surface area contributed by atoms with Crippen molar-refractivity contribution in [3.05, 3.63) is 18.2 Å². The summed E-state index contributed by atoms with van der Waals surface area (Å²) in [6.07, 6.45) is 0.289. The van der Waals surface area contributed by atoms with Gasteiger partial charge < -0.3 is 15.2 Å². The van der Waals surface area contributed by atoms with E-state index in [0.717, 1.165) is 0 Å². The van der Waals surface area contributed by atoms with Crippen LogP contribution < -0.4 is 19.9 Å². The number of nitrogens with two attached hydrogens (primary N) is 1. The van der Waals surface area contributed by atoms with Gasteiger partial charge in [-0.05, 0) is 18.6 Å². The Labute approximate surface area is 124 Å². The molecule has 0 heterocycles. The van der Waals surface area contributed by atoms with Crippen LogP contribution in [0.4, 0.5) is 5.69 Å². The van der Waals surface area contributed by atoms with E-state index in [0.29, 0.717) is 11.5 Å². The summed E-state index contributed by atoms with van der Waals surface area (Å²) in [6, 6.07) is 4.81. The first-order valence-electron chi connectivity index (χ1n) is 5.88. The highest BCUT2D eigenvalue weighted by molar-refractivity contribution is 7.95. The summed E-state index contributed by atoms with van der Waals surface area (Å²) < 4.78 is 37.2. The lowest BCUT2D eigenvalue weighted by Crippen LogP contribution is -2.37. The highest BCUT2D eigenvalue weighted by atomic mass is 32.2. The SMILES string of the molecule is CCC(C(N)=S)S(=O)(=O)Nc1cc(OC)ccc1OC. The normalized spacial score (nSPS) is 12.6. The molecular weight excluding hydrogens is 300 g/mol. The van der Waals surface area contributed by atoms with Crippen molar-refractivity contribution < 1.29 is 17.9 Å². The standard InChI is InChI=1S/C12H18N2O4S2/c1-4-11(12(13)19)20(15,16)14-9-7-8(17-2)5-6-10(9)18-3/h5-7,11,14H,4H2,1-3H3,(H2,13,19). The van der Waals surface area contributed by atoms with Crippen LogP contribution in [0.25, 0.3) is 0 Å². The van der Waals surface area contributed by atoms with Crippen molar-refractivity contribution in [3.63, 3.8) is 0 Å². The molecule has 0 saturated carbocycles. The third-order valence-corrected chi connectivity index (χ3v) is 5.00. The van der Waals surface area contributed by atoms with Crippen molar-refractivity contribution >= 4 is 32.9 Å². The molecule has 0 saturated heterocycles. The molecule has 1 rings (SSSR count). The summed E-state index contributed by atoms with van der Waals surface area (Å²) in [7, 11) is -0.795. The zero-order chi connectivity index (χ0) is 15.3. The first kappa shape index (κ1) is 16.5. The van der Waals surface area contributed by atoms with Crippen LogP contribution in [-0.4, -0.2) is 32.9 Å². The average molecular weight is 318 g/mol. The van der Waals surface area contributed by atoms with E-state index in [2.05, 4.69) is 4.72 Å². The minimum Gasteiger partial charge on any atom is -0.497 e. The van der Waals surface area contributed by atoms with Crippen molar-refractivity contribution in [1.29, 1.82) is 0 Å². The molecule has 112 valence electrons. The van der Waals surface area contributed by atoms with Crippen LogP contribution in [0.1, 0.15) is 13.3 Å². The van der Waals surface area contributed by atoms with Gasteiger partial charge in [-0.3, -0.25) is 4.72 Å². The Balaban J connectivity index is 3.17. The lowest BCUT2D eigenvalue weighted by Gasteiger charge is -2.18. The van der Waals surface area contributed by atoms with Gasteiger partial charge in [0.25, 0.3) is 0 Å². The van der Waals surface area contributed by atoms with Crippen LogP contribution in [-0.2, 0) is 10.0 Å². The van der Waals surface area contributed by atoms with Gasteiger partial charge in [-0.1, -0.05) is 19.1 Å². The molecule has 1 aromatic carbocycles. The summed E-state index contributed by atoms with van der Waals surface area (Å²) in [6.45, 7) is 1.70. The van der Waals surface area contributed by atoms with Crippen LogP contribution in [0, 0.1) is 0 Å². The molecule has 8 heteroatoms. The third kappa shape index (κ3) is 3.73. The summed E-state index contributed by atoms with van der Waals surface area (Å²) in [4.78, 5) is -0.0677. The predicted octanol–water partition coefficient (Wildman–Crippen LogP) is 1.51. The second-order valence-electron chi connectivity index (χ2n) is 4.01. The van der Waals surface area contributed by atoms with E-state index >= 15 is 0 Å². The van der Waals surface area contributed by atoms with Crippen LogP contribution in [0.15, 0.2) is 18.2 Å². The summed E-state index contributed by atoms with van der Waals surface area (Å²) in [5, 5.41) is -0.937. The van der Waals surface area contributed by atoms with E-state index in [1.807, 2.05) is 0 Å². The Morgan fingerprint density at radius 3 is 2.50 bits per heavy atom. The van der Waals surface area contributed by atoms with Crippen LogP contribution in [0.3, 0.4) is 0 Å². The number of methoxy groups -OCH3 is 2. The van der Waals surface area contributed by atoms with Crippen LogP contribution in [0.5, 0.6) is 11.5 Å². The van der Waals surface area contributed by atoms with Gasteiger partial charge in [0, 0.05) is 6.07 Å². The van der Waals surface area contributed by atoms with Gasteiger partial charge >= 0.3 is 0 Å². The predicted molar refractivity (Wildman–Crippen MR) is 83.0 cm³/mol. The highest BCUT2D eigenvalue weighted by Crippen LogP contribution is 2.30. The largest absolute Gasteiger partial charge is 0.497 e. The third-order valence-electron chi connectivity index (χ3n) is 2.72. The molecular formula is C12H18N2O4S2. The second kappa shape index (κ2) is 6.76. The van der Waals surface area contributed by atoms with E-state index < -0.39 is 15.3 Å². The maximum atomic E-state index is 12.3. The Bertz CT molecular complexity index is 587. The topological polar surface area (TPSA) is 90.7 Å². The summed E-state index contributed by atoms with van der Waals surface area (Å²) >= 11 is 4.79. The van der Waals surface area contributed by atoms with Gasteiger partial charge in [0.15, 0.2) is 0 Å². The number of hydrogen-bond donors (Lipinski definition) is 2. The molecule has 0 amide bonds. The second-order valence-corrected chi connectivity index (χ2v) is 6.35. The van der Waals surface area contributed by atoms with Gasteiger partial charge in [0.2, 0.25) is 10.0 Å². The molecule has 1 unspecified atom stereocenters. The Morgan fingerprint density at radius 1 is 1.40 bits per heavy atom. The zero-order valence-corrected chi connectivity index (χ0v) is 13.2. The maximum absolute atomic E-state index is 12.3. The van der Waals surface area contributed by atoms with E-state index in [-0.39, 0.29) is 17.1 Å². The summed E-state index contributed by atoms with van der Waals surface area (Å²) in [5.41, 5.74) is 5.75. The molecule has 0 aliphatic carbocycles. The molecule has 1 aromatic rings. The van der Waals surface area contributed by atoms with Crippen molar-refractivity contribution in [2.45, 2.75) is 18.6 Å². The molecule has 20 heavy (non-hydrogen) atoms. The smallest absolute Gasteiger partial charge is 0.242 e. The fourth-order valence-corrected chi connectivity index (χ4v) is 3.59. The highest BCUT2D eigenvalue weighted by Gasteiger charge is 2.27. The van der Waals surface area contributed by atoms with Crippen molar-refractivity contribution in [3.8, 4) is 11.5 Å². The Hall–Kier alpha value is -1.54. The Morgan fingerprint density at radius 2 is 2.05 bits per heavy atom. The zero-order valence-electron chi connectivity index (χ0n) is 11.5. The van der Waals surface area contributed by atoms with Crippen LogP contribution in [0.2, 0.25) is 0 Å². The minimum absolute atomic E-state index is 0.0677. The van der Waals surface area contributed by atoms with Gasteiger partial charge in [-0.15, -0.1) is 0 Å². The number of benzene rings is 1. The lowest BCUT2D eigenvalue weighted by atomic mass is 10.3. The monoisotopic (exact) mass is 318 g/mol. The number of nitrogens with one attached hydrogen (secondary N) is 1. The van der Waals surface area contributed by atoms with Gasteiger partial charge in [-0.2, -0.15) is 0 Å². The molecule has 0 aromatic heterocycles. The summed E-state index contributed by atoms with van der Waals surface area (Å²) in [5.74, 6) is 0.888. The fourth-order valence-electron chi connectivity index (χ4n) is 1.69. The molecule has 0 radical (unpaired) electrons. The van der Waals surface area contributed by atoms with Crippen molar-refractivity contribution in [2.24, 2.45) is 5.73 Å². The van der Waals surface area contributed by atoms with E-state index in [4.69, 9.17) is 27.4 Å². The number of rotatable bonds is 7. The number of hydrogen-bond acceptors (Lipinski definition) is 5. The molecule has 0 aliphatic heterocycles. The first-order chi connectivity index (χ1) is 9.35. The van der Waals surface area contributed by atoms with Gasteiger partial charge in [-0.25, -0.2) is 8.42 Å². The van der Waals surface area contributed by atoms with Gasteiger partial charge in [0.05, 0.1) is 24.9 Å². The number of sulfonamides is 1. The van der Waals surface area contributed by atoms with E-state index in [9.17, 15) is 8.42 Å². The van der Waals surface area contributed by atoms with Gasteiger partial charge in [0.1, 0.15) is 16.7 Å². The number of anilines is 1. The molecule has 0 aliphatic rings. The minimum atomic E-state index is -3.73. The number of ether oxygens (including phenoxy) is 2. The average Bonchev–Trinajstić information content (AvgIpc) is 2.37. The molecule has 1 atom stereocenters. The lowest BCUT2D eigenvalue weighted by molar-refractivity contribution is 0.405. The van der Waals surface area contributed by atoms with Crippen molar-refractivity contribution in [2.75, 3.05) is 18.9 Å². The maximum Gasteiger partial charge on any atom is 0.242 e. The molecule has 0 spiro atoms. The molecule has 6 nitrogen and oxygen atoms in total. The molecule has 3 N–H and O–H groups in total. The fraction of sp³-hybridized carbons (Fsp3) is 0.417. The molecule has 0 fully saturated rings. The quantitative estimate of drug-likeness (QED) is 0.741. The van der Waals surface area contributed by atoms with E-state index in [1.54, 1.807) is 19.1 Å².